The van der Waals surface area contributed by atoms with E-state index in [0.29, 0.717) is 12.5 Å². The summed E-state index contributed by atoms with van der Waals surface area (Å²) in [4.78, 5) is 9.07. The van der Waals surface area contributed by atoms with Crippen LogP contribution in [0.1, 0.15) is 69.7 Å². The van der Waals surface area contributed by atoms with Crippen molar-refractivity contribution >= 4 is 0 Å². The fourth-order valence-electron chi connectivity index (χ4n) is 2.99. The Labute approximate surface area is 116 Å². The Morgan fingerprint density at radius 1 is 1.11 bits per heavy atom. The molecule has 19 heavy (non-hydrogen) atoms. The van der Waals surface area contributed by atoms with E-state index in [1.165, 1.54) is 38.5 Å². The second-order valence-corrected chi connectivity index (χ2v) is 5.59. The van der Waals surface area contributed by atoms with Crippen molar-refractivity contribution in [3.05, 3.63) is 23.8 Å². The monoisotopic (exact) mass is 262 g/mol. The first-order chi connectivity index (χ1) is 9.33. The Balaban J connectivity index is 1.85. The van der Waals surface area contributed by atoms with Crippen LogP contribution in [-0.2, 0) is 11.3 Å². The van der Waals surface area contributed by atoms with E-state index < -0.39 is 0 Å². The Morgan fingerprint density at radius 2 is 1.79 bits per heavy atom. The zero-order valence-corrected chi connectivity index (χ0v) is 12.3. The molecule has 0 saturated heterocycles. The van der Waals surface area contributed by atoms with Gasteiger partial charge in [0.25, 0.3) is 0 Å². The molecule has 3 heteroatoms. The zero-order valence-electron chi connectivity index (χ0n) is 12.3. The van der Waals surface area contributed by atoms with Gasteiger partial charge in [-0.1, -0.05) is 19.8 Å². The third-order valence-corrected chi connectivity index (χ3v) is 4.11. The Morgan fingerprint density at radius 3 is 2.37 bits per heavy atom. The largest absolute Gasteiger partial charge is 0.377 e. The third-order valence-electron chi connectivity index (χ3n) is 4.11. The number of hydrogen-bond acceptors (Lipinski definition) is 3. The molecule has 1 saturated carbocycles. The molecule has 0 atom stereocenters. The summed E-state index contributed by atoms with van der Waals surface area (Å²) >= 11 is 0. The SMILES string of the molecule is CCCC1CCC(c2ncc(COCC)cn2)CC1. The highest BCUT2D eigenvalue weighted by atomic mass is 16.5. The normalized spacial score (nSPS) is 23.5. The first kappa shape index (κ1) is 14.4. The molecule has 0 N–H and O–H groups in total. The van der Waals surface area contributed by atoms with E-state index in [1.807, 2.05) is 19.3 Å². The van der Waals surface area contributed by atoms with Gasteiger partial charge in [-0.2, -0.15) is 0 Å². The van der Waals surface area contributed by atoms with Crippen molar-refractivity contribution in [3.63, 3.8) is 0 Å². The summed E-state index contributed by atoms with van der Waals surface area (Å²) < 4.78 is 5.37. The van der Waals surface area contributed by atoms with E-state index in [2.05, 4.69) is 16.9 Å². The average Bonchev–Trinajstić information content (AvgIpc) is 2.47. The molecule has 1 aliphatic rings. The van der Waals surface area contributed by atoms with Gasteiger partial charge < -0.3 is 4.74 Å². The minimum Gasteiger partial charge on any atom is -0.377 e. The molecule has 0 bridgehead atoms. The maximum atomic E-state index is 5.37. The zero-order chi connectivity index (χ0) is 13.5. The molecule has 0 aromatic carbocycles. The quantitative estimate of drug-likeness (QED) is 0.774. The van der Waals surface area contributed by atoms with E-state index in [4.69, 9.17) is 4.74 Å². The summed E-state index contributed by atoms with van der Waals surface area (Å²) in [6.45, 7) is 5.65. The summed E-state index contributed by atoms with van der Waals surface area (Å²) in [5.41, 5.74) is 1.07. The van der Waals surface area contributed by atoms with E-state index in [9.17, 15) is 0 Å². The smallest absolute Gasteiger partial charge is 0.131 e. The summed E-state index contributed by atoms with van der Waals surface area (Å²) in [5.74, 6) is 2.56. The van der Waals surface area contributed by atoms with Crippen LogP contribution < -0.4 is 0 Å². The van der Waals surface area contributed by atoms with Gasteiger partial charge in [-0.05, 0) is 38.5 Å². The fraction of sp³-hybridized carbons (Fsp3) is 0.750. The highest BCUT2D eigenvalue weighted by molar-refractivity contribution is 5.07. The molecule has 3 nitrogen and oxygen atoms in total. The van der Waals surface area contributed by atoms with Crippen LogP contribution in [-0.4, -0.2) is 16.6 Å². The van der Waals surface area contributed by atoms with Crippen LogP contribution in [0.5, 0.6) is 0 Å². The van der Waals surface area contributed by atoms with Crippen molar-refractivity contribution in [2.24, 2.45) is 5.92 Å². The lowest BCUT2D eigenvalue weighted by Crippen LogP contribution is -2.15. The molecular formula is C16H26N2O. The molecule has 0 spiro atoms. The van der Waals surface area contributed by atoms with Crippen LogP contribution >= 0.6 is 0 Å². The van der Waals surface area contributed by atoms with Crippen molar-refractivity contribution in [1.82, 2.24) is 9.97 Å². The van der Waals surface area contributed by atoms with Crippen molar-refractivity contribution in [2.45, 2.75) is 64.9 Å². The number of nitrogens with zero attached hydrogens (tertiary/aromatic N) is 2. The molecule has 1 aromatic rings. The molecule has 0 radical (unpaired) electrons. The van der Waals surface area contributed by atoms with Crippen molar-refractivity contribution < 1.29 is 4.74 Å². The average molecular weight is 262 g/mol. The fourth-order valence-corrected chi connectivity index (χ4v) is 2.99. The highest BCUT2D eigenvalue weighted by Crippen LogP contribution is 2.35. The lowest BCUT2D eigenvalue weighted by atomic mass is 9.80. The molecule has 1 heterocycles. The minimum absolute atomic E-state index is 0.578. The summed E-state index contributed by atoms with van der Waals surface area (Å²) in [6, 6.07) is 0. The first-order valence-corrected chi connectivity index (χ1v) is 7.72. The van der Waals surface area contributed by atoms with Gasteiger partial charge >= 0.3 is 0 Å². The first-order valence-electron chi connectivity index (χ1n) is 7.72. The van der Waals surface area contributed by atoms with Gasteiger partial charge in [-0.25, -0.2) is 9.97 Å². The van der Waals surface area contributed by atoms with Crippen LogP contribution in [0, 0.1) is 5.92 Å². The Bertz CT molecular complexity index is 356. The van der Waals surface area contributed by atoms with Gasteiger partial charge in [-0.15, -0.1) is 0 Å². The van der Waals surface area contributed by atoms with Crippen molar-refractivity contribution in [2.75, 3.05) is 6.61 Å². The molecule has 2 rings (SSSR count). The standard InChI is InChI=1S/C16H26N2O/c1-3-5-13-6-8-15(9-7-13)16-17-10-14(11-18-16)12-19-4-2/h10-11,13,15H,3-9,12H2,1-2H3. The van der Waals surface area contributed by atoms with E-state index in [0.717, 1.165) is 23.9 Å². The Hall–Kier alpha value is -0.960. The van der Waals surface area contributed by atoms with Crippen LogP contribution in [0.4, 0.5) is 0 Å². The lowest BCUT2D eigenvalue weighted by molar-refractivity contribution is 0.133. The van der Waals surface area contributed by atoms with Gasteiger partial charge in [0.2, 0.25) is 0 Å². The summed E-state index contributed by atoms with van der Waals surface area (Å²) in [6.07, 6.45) is 11.8. The lowest BCUT2D eigenvalue weighted by Gasteiger charge is -2.27. The molecule has 0 aliphatic heterocycles. The molecule has 1 aliphatic carbocycles. The van der Waals surface area contributed by atoms with E-state index in [-0.39, 0.29) is 0 Å². The van der Waals surface area contributed by atoms with E-state index in [1.54, 1.807) is 0 Å². The second kappa shape index (κ2) is 7.59. The van der Waals surface area contributed by atoms with Crippen molar-refractivity contribution in [3.8, 4) is 0 Å². The number of aromatic nitrogens is 2. The van der Waals surface area contributed by atoms with Gasteiger partial charge in [0.15, 0.2) is 0 Å². The predicted molar refractivity (Wildman–Crippen MR) is 77.0 cm³/mol. The van der Waals surface area contributed by atoms with Gasteiger partial charge in [0, 0.05) is 30.5 Å². The highest BCUT2D eigenvalue weighted by Gasteiger charge is 2.23. The predicted octanol–water partition coefficient (Wildman–Crippen LogP) is 4.09. The van der Waals surface area contributed by atoms with Gasteiger partial charge in [0.1, 0.15) is 5.82 Å². The minimum atomic E-state index is 0.578. The number of hydrogen-bond donors (Lipinski definition) is 0. The topological polar surface area (TPSA) is 35.0 Å². The third kappa shape index (κ3) is 4.27. The van der Waals surface area contributed by atoms with Crippen LogP contribution in [0.3, 0.4) is 0 Å². The van der Waals surface area contributed by atoms with Crippen LogP contribution in [0.15, 0.2) is 12.4 Å². The maximum absolute atomic E-state index is 5.37. The number of ether oxygens (including phenoxy) is 1. The molecule has 1 aromatic heterocycles. The number of rotatable bonds is 6. The molecule has 1 fully saturated rings. The van der Waals surface area contributed by atoms with Crippen molar-refractivity contribution in [1.29, 1.82) is 0 Å². The van der Waals surface area contributed by atoms with E-state index >= 15 is 0 Å². The Kier molecular flexibility index (Phi) is 5.77. The van der Waals surface area contributed by atoms with Crippen LogP contribution in [0.25, 0.3) is 0 Å². The summed E-state index contributed by atoms with van der Waals surface area (Å²) in [7, 11) is 0. The second-order valence-electron chi connectivity index (χ2n) is 5.59. The molecule has 0 amide bonds. The van der Waals surface area contributed by atoms with Gasteiger partial charge in [0.05, 0.1) is 6.61 Å². The van der Waals surface area contributed by atoms with Gasteiger partial charge in [-0.3, -0.25) is 0 Å². The van der Waals surface area contributed by atoms with Crippen LogP contribution in [0.2, 0.25) is 0 Å². The molecular weight excluding hydrogens is 236 g/mol. The summed E-state index contributed by atoms with van der Waals surface area (Å²) in [5, 5.41) is 0. The molecule has 106 valence electrons. The maximum Gasteiger partial charge on any atom is 0.131 e. The molecule has 0 unspecified atom stereocenters.